The molecule has 4 rings (SSSR count). The van der Waals surface area contributed by atoms with Gasteiger partial charge in [-0.15, -0.1) is 0 Å². The van der Waals surface area contributed by atoms with Gasteiger partial charge in [0.1, 0.15) is 12.4 Å². The van der Waals surface area contributed by atoms with Crippen LogP contribution in [0.5, 0.6) is 5.75 Å². The molecule has 0 aromatic heterocycles. The molecule has 1 fully saturated rings. The van der Waals surface area contributed by atoms with E-state index < -0.39 is 29.0 Å². The maximum Gasteiger partial charge on any atom is 0.272 e. The van der Waals surface area contributed by atoms with E-state index in [4.69, 9.17) is 4.74 Å². The molecular formula is C25H29F2N3O3S. The summed E-state index contributed by atoms with van der Waals surface area (Å²) in [7, 11) is -3.44. The normalized spacial score (nSPS) is 20.2. The van der Waals surface area contributed by atoms with E-state index in [-0.39, 0.29) is 17.7 Å². The van der Waals surface area contributed by atoms with Crippen LogP contribution in [-0.4, -0.2) is 33.2 Å². The van der Waals surface area contributed by atoms with Crippen LogP contribution < -0.4 is 14.4 Å². The third-order valence-corrected chi connectivity index (χ3v) is 7.94. The van der Waals surface area contributed by atoms with Gasteiger partial charge in [0.25, 0.3) is 6.43 Å². The molecule has 2 unspecified atom stereocenters. The fourth-order valence-corrected chi connectivity index (χ4v) is 6.19. The first-order valence-electron chi connectivity index (χ1n) is 11.5. The number of alkyl halides is 2. The van der Waals surface area contributed by atoms with Crippen molar-refractivity contribution in [3.05, 3.63) is 53.6 Å². The van der Waals surface area contributed by atoms with Crippen molar-refractivity contribution in [2.75, 3.05) is 22.0 Å². The number of hydrogen-bond acceptors (Lipinski definition) is 5. The van der Waals surface area contributed by atoms with Crippen molar-refractivity contribution in [3.63, 3.8) is 0 Å². The molecule has 0 spiro atoms. The first-order chi connectivity index (χ1) is 16.2. The summed E-state index contributed by atoms with van der Waals surface area (Å²) in [4.78, 5) is 2.27. The van der Waals surface area contributed by atoms with Crippen LogP contribution in [0.1, 0.15) is 56.2 Å². The molecule has 2 aromatic rings. The van der Waals surface area contributed by atoms with Crippen molar-refractivity contribution in [1.29, 1.82) is 5.26 Å². The quantitative estimate of drug-likeness (QED) is 0.507. The monoisotopic (exact) mass is 489 g/mol. The molecule has 182 valence electrons. The summed E-state index contributed by atoms with van der Waals surface area (Å²) in [5, 5.41) is 10.1. The summed E-state index contributed by atoms with van der Waals surface area (Å²) in [6, 6.07) is 14.8. The molecule has 9 heteroatoms. The van der Waals surface area contributed by atoms with E-state index >= 15 is 0 Å². The van der Waals surface area contributed by atoms with Gasteiger partial charge in [-0.1, -0.05) is 26.0 Å². The van der Waals surface area contributed by atoms with Crippen LogP contribution >= 0.6 is 0 Å². The van der Waals surface area contributed by atoms with E-state index in [0.29, 0.717) is 17.5 Å². The number of halogens is 2. The van der Waals surface area contributed by atoms with Crippen LogP contribution in [0, 0.1) is 17.2 Å². The lowest BCUT2D eigenvalue weighted by molar-refractivity contribution is 0.0819. The van der Waals surface area contributed by atoms with Crippen molar-refractivity contribution in [1.82, 2.24) is 0 Å². The van der Waals surface area contributed by atoms with E-state index in [1.165, 1.54) is 0 Å². The average molecular weight is 490 g/mol. The number of sulfonamides is 1. The number of rotatable bonds is 9. The summed E-state index contributed by atoms with van der Waals surface area (Å²) >= 11 is 0. The van der Waals surface area contributed by atoms with Gasteiger partial charge in [0.2, 0.25) is 10.0 Å². The summed E-state index contributed by atoms with van der Waals surface area (Å²) in [6.45, 7) is 3.00. The minimum Gasteiger partial charge on any atom is -0.488 e. The molecule has 1 aliphatic heterocycles. The molecule has 2 atom stereocenters. The Morgan fingerprint density at radius 2 is 1.88 bits per heavy atom. The number of benzene rings is 2. The van der Waals surface area contributed by atoms with E-state index in [9.17, 15) is 22.5 Å². The highest BCUT2D eigenvalue weighted by atomic mass is 32.2. The Balaban J connectivity index is 1.64. The lowest BCUT2D eigenvalue weighted by atomic mass is 9.87. The van der Waals surface area contributed by atoms with Gasteiger partial charge in [0, 0.05) is 17.4 Å². The van der Waals surface area contributed by atoms with Crippen molar-refractivity contribution in [2.45, 2.75) is 57.5 Å². The molecular weight excluding hydrogens is 460 g/mol. The van der Waals surface area contributed by atoms with Crippen LogP contribution in [0.15, 0.2) is 42.5 Å². The average Bonchev–Trinajstić information content (AvgIpc) is 3.03. The molecule has 0 bridgehead atoms. The zero-order valence-corrected chi connectivity index (χ0v) is 20.1. The van der Waals surface area contributed by atoms with Crippen molar-refractivity contribution in [2.24, 2.45) is 5.92 Å². The zero-order valence-electron chi connectivity index (χ0n) is 19.2. The van der Waals surface area contributed by atoms with E-state index in [2.05, 4.69) is 15.7 Å². The number of nitrogens with one attached hydrogen (secondary N) is 1. The minimum absolute atomic E-state index is 0.00996. The van der Waals surface area contributed by atoms with Crippen LogP contribution in [0.4, 0.5) is 20.2 Å². The predicted molar refractivity (Wildman–Crippen MR) is 128 cm³/mol. The summed E-state index contributed by atoms with van der Waals surface area (Å²) in [5.74, 6) is -0.136. The van der Waals surface area contributed by atoms with Gasteiger partial charge in [0.15, 0.2) is 0 Å². The molecule has 1 aliphatic carbocycles. The third kappa shape index (κ3) is 5.12. The van der Waals surface area contributed by atoms with Gasteiger partial charge in [-0.25, -0.2) is 17.2 Å². The van der Waals surface area contributed by atoms with Gasteiger partial charge >= 0.3 is 0 Å². The van der Waals surface area contributed by atoms with E-state index in [1.54, 1.807) is 24.3 Å². The fourth-order valence-electron chi connectivity index (χ4n) is 4.74. The second kappa shape index (κ2) is 9.79. The molecule has 1 heterocycles. The van der Waals surface area contributed by atoms with Crippen LogP contribution in [-0.2, 0) is 10.0 Å². The Labute approximate surface area is 199 Å². The highest BCUT2D eigenvalue weighted by molar-refractivity contribution is 7.92. The van der Waals surface area contributed by atoms with Crippen LogP contribution in [0.25, 0.3) is 0 Å². The topological polar surface area (TPSA) is 82.4 Å². The number of nitriles is 1. The standard InChI is InChI=1S/C25H29F2N3O3S/c1-16(2)15-34(31,32)29-18-8-6-17(7-9-18)25-22(13-28)21-12-20(33-14-24(26)27)10-11-23(21)30(25)19-4-3-5-19/h6-12,16,19,22,24-25,29H,3-5,14-15H2,1-2H3. The molecule has 1 saturated carbocycles. The van der Waals surface area contributed by atoms with Gasteiger partial charge in [-0.2, -0.15) is 5.26 Å². The third-order valence-electron chi connectivity index (χ3n) is 6.29. The Morgan fingerprint density at radius 3 is 2.44 bits per heavy atom. The van der Waals surface area contributed by atoms with Gasteiger partial charge in [-0.3, -0.25) is 4.72 Å². The Bertz CT molecular complexity index is 1160. The lowest BCUT2D eigenvalue weighted by Gasteiger charge is -2.41. The summed E-state index contributed by atoms with van der Waals surface area (Å²) in [5.41, 5.74) is 3.07. The number of fused-ring (bicyclic) bond motifs is 1. The molecule has 2 aliphatic rings. The lowest BCUT2D eigenvalue weighted by Crippen LogP contribution is -2.41. The second-order valence-corrected chi connectivity index (χ2v) is 11.1. The fraction of sp³-hybridized carbons (Fsp3) is 0.480. The second-order valence-electron chi connectivity index (χ2n) is 9.37. The Hall–Kier alpha value is -2.86. The SMILES string of the molecule is CC(C)CS(=O)(=O)Nc1ccc(C2C(C#N)c3cc(OCC(F)F)ccc3N2C2CCC2)cc1. The summed E-state index contributed by atoms with van der Waals surface area (Å²) in [6.07, 6.45) is 0.582. The van der Waals surface area contributed by atoms with Crippen LogP contribution in [0.3, 0.4) is 0 Å². The molecule has 0 saturated heterocycles. The number of nitrogens with zero attached hydrogens (tertiary/aromatic N) is 2. The highest BCUT2D eigenvalue weighted by Crippen LogP contribution is 2.53. The van der Waals surface area contributed by atoms with E-state index in [0.717, 1.165) is 36.1 Å². The van der Waals surface area contributed by atoms with Crippen molar-refractivity contribution >= 4 is 21.4 Å². The molecule has 1 N–H and O–H groups in total. The minimum atomic E-state index is -3.44. The molecule has 2 aromatic carbocycles. The zero-order chi connectivity index (χ0) is 24.5. The Kier molecular flexibility index (Phi) is 6.99. The first-order valence-corrected chi connectivity index (χ1v) is 13.2. The molecule has 6 nitrogen and oxygen atoms in total. The molecule has 34 heavy (non-hydrogen) atoms. The highest BCUT2D eigenvalue weighted by Gasteiger charge is 2.44. The first kappa shape index (κ1) is 24.3. The summed E-state index contributed by atoms with van der Waals surface area (Å²) < 4.78 is 57.6. The van der Waals surface area contributed by atoms with Gasteiger partial charge in [-0.05, 0) is 66.6 Å². The number of anilines is 2. The van der Waals surface area contributed by atoms with Crippen molar-refractivity contribution in [3.8, 4) is 11.8 Å². The van der Waals surface area contributed by atoms with Gasteiger partial charge < -0.3 is 9.64 Å². The predicted octanol–water partition coefficient (Wildman–Crippen LogP) is 5.45. The smallest absolute Gasteiger partial charge is 0.272 e. The maximum atomic E-state index is 12.6. The number of ether oxygens (including phenoxy) is 1. The number of hydrogen-bond donors (Lipinski definition) is 1. The van der Waals surface area contributed by atoms with E-state index in [1.807, 2.05) is 32.0 Å². The van der Waals surface area contributed by atoms with Crippen LogP contribution in [0.2, 0.25) is 0 Å². The molecule has 0 amide bonds. The Morgan fingerprint density at radius 1 is 1.18 bits per heavy atom. The maximum absolute atomic E-state index is 12.6. The van der Waals surface area contributed by atoms with Crippen molar-refractivity contribution < 1.29 is 21.9 Å². The largest absolute Gasteiger partial charge is 0.488 e. The van der Waals surface area contributed by atoms with Gasteiger partial charge in [0.05, 0.1) is 23.8 Å². The molecule has 0 radical (unpaired) electrons.